The average Bonchev–Trinajstić information content (AvgIpc) is 3.37. The number of methoxy groups -OCH3 is 1. The topological polar surface area (TPSA) is 84.6 Å². The van der Waals surface area contributed by atoms with E-state index in [-0.39, 0.29) is 11.4 Å². The van der Waals surface area contributed by atoms with Crippen LogP contribution in [0, 0.1) is 6.92 Å². The van der Waals surface area contributed by atoms with Crippen LogP contribution in [0.1, 0.15) is 11.3 Å². The van der Waals surface area contributed by atoms with E-state index in [4.69, 9.17) is 4.74 Å². The maximum Gasteiger partial charge on any atom is 0.418 e. The first kappa shape index (κ1) is 21.5. The van der Waals surface area contributed by atoms with Crippen LogP contribution >= 0.6 is 11.3 Å². The maximum absolute atomic E-state index is 13.2. The van der Waals surface area contributed by atoms with Gasteiger partial charge in [0.25, 0.3) is 0 Å². The van der Waals surface area contributed by atoms with Crippen LogP contribution in [0.15, 0.2) is 68.9 Å². The molecule has 0 saturated heterocycles. The van der Waals surface area contributed by atoms with Gasteiger partial charge in [-0.25, -0.2) is 4.98 Å². The molecule has 0 saturated carbocycles. The number of azo groups is 1. The van der Waals surface area contributed by atoms with E-state index in [1.165, 1.54) is 34.2 Å². The van der Waals surface area contributed by atoms with Crippen LogP contribution in [-0.2, 0) is 6.18 Å². The van der Waals surface area contributed by atoms with Gasteiger partial charge >= 0.3 is 11.7 Å². The first-order valence-corrected chi connectivity index (χ1v) is 10.2. The number of alkyl halides is 3. The highest BCUT2D eigenvalue weighted by atomic mass is 32.1. The molecule has 0 aliphatic carbocycles. The molecule has 4 aromatic rings. The Balaban J connectivity index is 1.66. The molecule has 2 heterocycles. The van der Waals surface area contributed by atoms with Crippen molar-refractivity contribution in [3.63, 3.8) is 0 Å². The molecule has 2 aromatic heterocycles. The standard InChI is InChI=1S/C21H16F3N5O2S/c1-12-18(27-26-16-6-4-3-5-15(16)21(22,23)24)19(30)29(28-12)20-25-17(11-32-20)13-7-9-14(31-2)10-8-13/h3-11,28H,1-2H3. The maximum atomic E-state index is 13.2. The highest BCUT2D eigenvalue weighted by Crippen LogP contribution is 2.36. The van der Waals surface area contributed by atoms with Crippen LogP contribution in [0.2, 0.25) is 0 Å². The summed E-state index contributed by atoms with van der Waals surface area (Å²) in [6.45, 7) is 1.58. The second-order valence-corrected chi connectivity index (χ2v) is 7.52. The third-order valence-corrected chi connectivity index (χ3v) is 5.40. The van der Waals surface area contributed by atoms with Gasteiger partial charge in [-0.15, -0.1) is 21.6 Å². The quantitative estimate of drug-likeness (QED) is 0.369. The first-order chi connectivity index (χ1) is 15.3. The number of nitrogens with zero attached hydrogens (tertiary/aromatic N) is 4. The van der Waals surface area contributed by atoms with E-state index in [2.05, 4.69) is 20.3 Å². The minimum atomic E-state index is -4.58. The highest BCUT2D eigenvalue weighted by Gasteiger charge is 2.33. The van der Waals surface area contributed by atoms with Crippen LogP contribution in [0.4, 0.5) is 24.5 Å². The fraction of sp³-hybridized carbons (Fsp3) is 0.143. The van der Waals surface area contributed by atoms with Crippen molar-refractivity contribution in [2.75, 3.05) is 7.11 Å². The van der Waals surface area contributed by atoms with Crippen molar-refractivity contribution in [2.24, 2.45) is 10.2 Å². The van der Waals surface area contributed by atoms with Gasteiger partial charge in [-0.3, -0.25) is 9.89 Å². The van der Waals surface area contributed by atoms with Crippen LogP contribution in [-0.4, -0.2) is 21.9 Å². The van der Waals surface area contributed by atoms with Gasteiger partial charge in [0, 0.05) is 10.9 Å². The Morgan fingerprint density at radius 3 is 2.50 bits per heavy atom. The van der Waals surface area contributed by atoms with Gasteiger partial charge < -0.3 is 4.74 Å². The summed E-state index contributed by atoms with van der Waals surface area (Å²) in [6, 6.07) is 12.1. The minimum Gasteiger partial charge on any atom is -0.497 e. The van der Waals surface area contributed by atoms with Crippen LogP contribution in [0.5, 0.6) is 5.75 Å². The lowest BCUT2D eigenvalue weighted by Crippen LogP contribution is -2.13. The second kappa shape index (κ2) is 8.42. The number of hydrogen-bond donors (Lipinski definition) is 1. The number of benzene rings is 2. The predicted octanol–water partition coefficient (Wildman–Crippen LogP) is 6.04. The molecule has 7 nitrogen and oxygen atoms in total. The van der Waals surface area contributed by atoms with E-state index in [1.807, 2.05) is 12.1 Å². The van der Waals surface area contributed by atoms with Gasteiger partial charge in [-0.2, -0.15) is 17.9 Å². The van der Waals surface area contributed by atoms with E-state index < -0.39 is 17.3 Å². The molecule has 0 amide bonds. The third-order valence-electron chi connectivity index (χ3n) is 4.58. The summed E-state index contributed by atoms with van der Waals surface area (Å²) in [6.07, 6.45) is -4.58. The molecule has 32 heavy (non-hydrogen) atoms. The number of rotatable bonds is 5. The van der Waals surface area contributed by atoms with Crippen LogP contribution in [0.3, 0.4) is 0 Å². The van der Waals surface area contributed by atoms with E-state index in [1.54, 1.807) is 31.5 Å². The van der Waals surface area contributed by atoms with E-state index in [9.17, 15) is 18.0 Å². The number of aromatic nitrogens is 3. The fourth-order valence-electron chi connectivity index (χ4n) is 2.96. The highest BCUT2D eigenvalue weighted by molar-refractivity contribution is 7.12. The summed E-state index contributed by atoms with van der Waals surface area (Å²) >= 11 is 1.23. The molecule has 0 atom stereocenters. The van der Waals surface area contributed by atoms with Crippen molar-refractivity contribution in [1.82, 2.24) is 14.8 Å². The summed E-state index contributed by atoms with van der Waals surface area (Å²) in [4.78, 5) is 17.3. The Bertz CT molecular complexity index is 1340. The van der Waals surface area contributed by atoms with Gasteiger partial charge in [0.15, 0.2) is 5.69 Å². The molecule has 2 aromatic carbocycles. The number of thiazole rings is 1. The van der Waals surface area contributed by atoms with Gasteiger partial charge in [-0.1, -0.05) is 12.1 Å². The van der Waals surface area contributed by atoms with E-state index in [0.717, 1.165) is 11.6 Å². The van der Waals surface area contributed by atoms with Crippen LogP contribution < -0.4 is 10.3 Å². The third kappa shape index (κ3) is 4.19. The number of aryl methyl sites for hydroxylation is 1. The smallest absolute Gasteiger partial charge is 0.418 e. The molecule has 0 aliphatic heterocycles. The zero-order chi connectivity index (χ0) is 22.9. The number of aromatic amines is 1. The Hall–Kier alpha value is -3.73. The molecule has 0 unspecified atom stereocenters. The second-order valence-electron chi connectivity index (χ2n) is 6.68. The minimum absolute atomic E-state index is 0.0943. The van der Waals surface area contributed by atoms with Gasteiger partial charge in [-0.05, 0) is 43.3 Å². The Morgan fingerprint density at radius 1 is 1.09 bits per heavy atom. The molecule has 0 fully saturated rings. The van der Waals surface area contributed by atoms with Crippen molar-refractivity contribution in [3.8, 4) is 22.1 Å². The van der Waals surface area contributed by atoms with E-state index >= 15 is 0 Å². The summed E-state index contributed by atoms with van der Waals surface area (Å²) in [5.74, 6) is 0.711. The number of nitrogens with one attached hydrogen (secondary N) is 1. The molecule has 0 radical (unpaired) electrons. The summed E-state index contributed by atoms with van der Waals surface area (Å²) in [7, 11) is 1.58. The van der Waals surface area contributed by atoms with Crippen LogP contribution in [0.25, 0.3) is 16.4 Å². The molecular formula is C21H16F3N5O2S. The number of ether oxygens (including phenoxy) is 1. The molecule has 11 heteroatoms. The first-order valence-electron chi connectivity index (χ1n) is 9.28. The number of halogens is 3. The summed E-state index contributed by atoms with van der Waals surface area (Å²) < 4.78 is 45.8. The van der Waals surface area contributed by atoms with Crippen molar-refractivity contribution < 1.29 is 17.9 Å². The molecule has 0 bridgehead atoms. The predicted molar refractivity (Wildman–Crippen MR) is 114 cm³/mol. The zero-order valence-corrected chi connectivity index (χ0v) is 17.7. The Morgan fingerprint density at radius 2 is 1.81 bits per heavy atom. The van der Waals surface area contributed by atoms with Crippen molar-refractivity contribution in [2.45, 2.75) is 13.1 Å². The Kier molecular flexibility index (Phi) is 5.66. The lowest BCUT2D eigenvalue weighted by atomic mass is 10.2. The number of H-pyrrole nitrogens is 1. The SMILES string of the molecule is COc1ccc(-c2csc(-n3[nH]c(C)c(N=Nc4ccccc4C(F)(F)F)c3=O)n2)cc1. The molecule has 0 spiro atoms. The molecule has 1 N–H and O–H groups in total. The van der Waals surface area contributed by atoms with Crippen molar-refractivity contribution in [3.05, 3.63) is 75.5 Å². The lowest BCUT2D eigenvalue weighted by molar-refractivity contribution is -0.137. The Labute approximate surface area is 183 Å². The van der Waals surface area contributed by atoms with E-state index in [0.29, 0.717) is 22.3 Å². The molecule has 164 valence electrons. The van der Waals surface area contributed by atoms with Gasteiger partial charge in [0.1, 0.15) is 5.75 Å². The van der Waals surface area contributed by atoms with Crippen molar-refractivity contribution >= 4 is 22.7 Å². The normalized spacial score (nSPS) is 11.9. The zero-order valence-electron chi connectivity index (χ0n) is 16.8. The molecular weight excluding hydrogens is 443 g/mol. The summed E-state index contributed by atoms with van der Waals surface area (Å²) in [5, 5.41) is 12.5. The summed E-state index contributed by atoms with van der Waals surface area (Å²) in [5.41, 5.74) is -0.106. The largest absolute Gasteiger partial charge is 0.497 e. The fourth-order valence-corrected chi connectivity index (χ4v) is 3.75. The number of hydrogen-bond acceptors (Lipinski definition) is 6. The monoisotopic (exact) mass is 459 g/mol. The molecule has 0 aliphatic rings. The van der Waals surface area contributed by atoms with Gasteiger partial charge in [0.05, 0.1) is 29.7 Å². The molecule has 4 rings (SSSR count). The van der Waals surface area contributed by atoms with Gasteiger partial charge in [0.2, 0.25) is 5.13 Å². The average molecular weight is 459 g/mol. The van der Waals surface area contributed by atoms with Crippen molar-refractivity contribution in [1.29, 1.82) is 0 Å². The lowest BCUT2D eigenvalue weighted by Gasteiger charge is -2.07.